The average Bonchev–Trinajstić information content (AvgIpc) is 3.50. The molecule has 6 aliphatic rings. The number of carbonyl (C=O) groups excluding carboxylic acids is 2. The molecule has 1 aliphatic heterocycles. The second-order valence-corrected chi connectivity index (χ2v) is 11.0. The highest BCUT2D eigenvalue weighted by Crippen LogP contribution is 2.61. The van der Waals surface area contributed by atoms with E-state index in [0.717, 1.165) is 51.4 Å². The summed E-state index contributed by atoms with van der Waals surface area (Å²) in [6.45, 7) is 1.24. The zero-order valence-corrected chi connectivity index (χ0v) is 18.8. The van der Waals surface area contributed by atoms with E-state index in [0.29, 0.717) is 48.3 Å². The third-order valence-corrected chi connectivity index (χ3v) is 8.51. The van der Waals surface area contributed by atoms with Gasteiger partial charge >= 0.3 is 6.09 Å². The number of hydrogen-bond acceptors (Lipinski definition) is 6. The van der Waals surface area contributed by atoms with Crippen LogP contribution in [0.4, 0.5) is 10.6 Å². The maximum Gasteiger partial charge on any atom is 0.410 e. The average molecular weight is 450 g/mol. The minimum Gasteiger partial charge on any atom is -0.446 e. The molecule has 0 radical (unpaired) electrons. The Balaban J connectivity index is 1.05. The van der Waals surface area contributed by atoms with Crippen molar-refractivity contribution in [2.45, 2.75) is 69.6 Å². The van der Waals surface area contributed by atoms with Gasteiger partial charge in [0.25, 0.3) is 0 Å². The van der Waals surface area contributed by atoms with Crippen LogP contribution in [0.15, 0.2) is 18.3 Å². The number of ether oxygens (including phenoxy) is 1. The predicted molar refractivity (Wildman–Crippen MR) is 120 cm³/mol. The summed E-state index contributed by atoms with van der Waals surface area (Å²) in [5, 5.41) is 15.5. The highest BCUT2D eigenvalue weighted by atomic mass is 16.6. The van der Waals surface area contributed by atoms with E-state index in [9.17, 15) is 9.59 Å². The topological polar surface area (TPSA) is 107 Å². The van der Waals surface area contributed by atoms with Crippen molar-refractivity contribution in [2.75, 3.05) is 18.4 Å². The fourth-order valence-corrected chi connectivity index (χ4v) is 7.00. The molecule has 5 saturated carbocycles. The molecule has 1 aromatic heterocycles. The van der Waals surface area contributed by atoms with Gasteiger partial charge in [-0.25, -0.2) is 9.78 Å². The Bertz CT molecular complexity index is 969. The lowest BCUT2D eigenvalue weighted by Crippen LogP contribution is -2.59. The summed E-state index contributed by atoms with van der Waals surface area (Å²) in [6.07, 6.45) is 9.26. The Morgan fingerprint density at radius 2 is 1.91 bits per heavy atom. The number of amides is 2. The van der Waals surface area contributed by atoms with Gasteiger partial charge in [0.2, 0.25) is 5.91 Å². The van der Waals surface area contributed by atoms with Crippen molar-refractivity contribution in [3.63, 3.8) is 0 Å². The van der Waals surface area contributed by atoms with Crippen LogP contribution in [-0.4, -0.2) is 53.2 Å². The lowest BCUT2D eigenvalue weighted by atomic mass is 9.48. The van der Waals surface area contributed by atoms with E-state index in [1.54, 1.807) is 23.2 Å². The third kappa shape index (κ3) is 3.92. The van der Waals surface area contributed by atoms with E-state index in [1.807, 2.05) is 0 Å². The van der Waals surface area contributed by atoms with Crippen molar-refractivity contribution in [3.8, 4) is 6.07 Å². The van der Waals surface area contributed by atoms with Crippen LogP contribution in [0.5, 0.6) is 0 Å². The van der Waals surface area contributed by atoms with Crippen LogP contribution in [0.1, 0.15) is 56.9 Å². The molecule has 3 unspecified atom stereocenters. The highest BCUT2D eigenvalue weighted by molar-refractivity contribution is 5.83. The van der Waals surface area contributed by atoms with Crippen LogP contribution in [0.2, 0.25) is 0 Å². The second-order valence-electron chi connectivity index (χ2n) is 11.0. The zero-order valence-electron chi connectivity index (χ0n) is 18.8. The Morgan fingerprint density at radius 3 is 2.58 bits per heavy atom. The lowest BCUT2D eigenvalue weighted by molar-refractivity contribution is -0.164. The fraction of sp³-hybridized carbons (Fsp3) is 0.680. The fourth-order valence-electron chi connectivity index (χ4n) is 7.00. The summed E-state index contributed by atoms with van der Waals surface area (Å²) in [6, 6.07) is 6.11. The van der Waals surface area contributed by atoms with Gasteiger partial charge in [-0.05, 0) is 81.3 Å². The molecular formula is C25H31N5O3. The van der Waals surface area contributed by atoms with Gasteiger partial charge in [-0.1, -0.05) is 0 Å². The van der Waals surface area contributed by atoms with E-state index >= 15 is 0 Å². The van der Waals surface area contributed by atoms with E-state index in [1.165, 1.54) is 0 Å². The molecule has 2 N–H and O–H groups in total. The predicted octanol–water partition coefficient (Wildman–Crippen LogP) is 3.05. The standard InChI is InChI=1S/C25H31N5O3/c26-12-15-1-4-21(27-13-15)28-20-5-6-30(14-20)24(32)33-22-17-7-16-8-18(22)11-25(9-16,10-17)23(31)29-19-2-3-19/h1,4,13,16-20,22H,2-3,5-11,14H2,(H,27,28)(H,29,31)/t16?,17-,18?,20-,22?,25+/m1/s1. The SMILES string of the molecule is N#Cc1ccc(N[C@@H]2CCN(C(=O)OC3C4CC5C[C@@H]3C[C@@](C(=O)NC3CC3)(C5)C4)C2)nc1. The number of nitrogens with one attached hydrogen (secondary N) is 2. The molecule has 2 amide bonds. The first-order valence-corrected chi connectivity index (χ1v) is 12.4. The molecule has 33 heavy (non-hydrogen) atoms. The Morgan fingerprint density at radius 1 is 1.12 bits per heavy atom. The number of aromatic nitrogens is 1. The molecular weight excluding hydrogens is 418 g/mol. The van der Waals surface area contributed by atoms with Gasteiger partial charge in [-0.15, -0.1) is 0 Å². The quantitative estimate of drug-likeness (QED) is 0.715. The van der Waals surface area contributed by atoms with Crippen molar-refractivity contribution in [2.24, 2.45) is 23.2 Å². The molecule has 1 aromatic rings. The molecule has 4 bridgehead atoms. The van der Waals surface area contributed by atoms with Gasteiger partial charge in [-0.2, -0.15) is 5.26 Å². The molecule has 8 nitrogen and oxygen atoms in total. The summed E-state index contributed by atoms with van der Waals surface area (Å²) in [7, 11) is 0. The van der Waals surface area contributed by atoms with Crippen LogP contribution in [-0.2, 0) is 9.53 Å². The van der Waals surface area contributed by atoms with E-state index in [2.05, 4.69) is 21.7 Å². The van der Waals surface area contributed by atoms with Gasteiger partial charge in [-0.3, -0.25) is 4.79 Å². The van der Waals surface area contributed by atoms with Gasteiger partial charge in [0.1, 0.15) is 18.0 Å². The number of nitriles is 1. The normalized spacial score (nSPS) is 36.3. The second kappa shape index (κ2) is 7.89. The molecule has 2 heterocycles. The van der Waals surface area contributed by atoms with Gasteiger partial charge in [0, 0.05) is 31.4 Å². The molecule has 5 aliphatic carbocycles. The van der Waals surface area contributed by atoms with Crippen molar-refractivity contribution >= 4 is 17.8 Å². The van der Waals surface area contributed by atoms with Crippen LogP contribution < -0.4 is 10.6 Å². The largest absolute Gasteiger partial charge is 0.446 e. The van der Waals surface area contributed by atoms with E-state index in [4.69, 9.17) is 10.00 Å². The monoisotopic (exact) mass is 449 g/mol. The number of hydrogen-bond donors (Lipinski definition) is 2. The number of nitrogens with zero attached hydrogens (tertiary/aromatic N) is 3. The summed E-state index contributed by atoms with van der Waals surface area (Å²) in [5.74, 6) is 2.20. The maximum absolute atomic E-state index is 13.1. The first kappa shape index (κ1) is 20.8. The molecule has 0 spiro atoms. The smallest absolute Gasteiger partial charge is 0.410 e. The minimum absolute atomic E-state index is 0.0527. The summed E-state index contributed by atoms with van der Waals surface area (Å²) in [4.78, 5) is 32.1. The minimum atomic E-state index is -0.223. The number of likely N-dealkylation sites (tertiary alicyclic amines) is 1. The Labute approximate surface area is 194 Å². The first-order chi connectivity index (χ1) is 16.0. The number of rotatable bonds is 5. The van der Waals surface area contributed by atoms with E-state index < -0.39 is 0 Å². The summed E-state index contributed by atoms with van der Waals surface area (Å²) >= 11 is 0. The molecule has 6 fully saturated rings. The zero-order chi connectivity index (χ0) is 22.6. The summed E-state index contributed by atoms with van der Waals surface area (Å²) < 4.78 is 6.13. The maximum atomic E-state index is 13.1. The van der Waals surface area contributed by atoms with Crippen molar-refractivity contribution in [1.82, 2.24) is 15.2 Å². The van der Waals surface area contributed by atoms with Crippen LogP contribution in [0, 0.1) is 34.5 Å². The van der Waals surface area contributed by atoms with Crippen LogP contribution in [0.3, 0.4) is 0 Å². The number of pyridine rings is 1. The van der Waals surface area contributed by atoms with Crippen LogP contribution >= 0.6 is 0 Å². The lowest BCUT2D eigenvalue weighted by Gasteiger charge is -2.58. The Kier molecular flexibility index (Phi) is 4.97. The van der Waals surface area contributed by atoms with E-state index in [-0.39, 0.29) is 29.6 Å². The number of carbonyl (C=O) groups is 2. The molecule has 174 valence electrons. The molecule has 1 saturated heterocycles. The van der Waals surface area contributed by atoms with Crippen molar-refractivity contribution in [3.05, 3.63) is 23.9 Å². The molecule has 0 aromatic carbocycles. The van der Waals surface area contributed by atoms with Crippen molar-refractivity contribution < 1.29 is 14.3 Å². The molecule has 6 atom stereocenters. The van der Waals surface area contributed by atoms with Gasteiger partial charge in [0.15, 0.2) is 0 Å². The van der Waals surface area contributed by atoms with Gasteiger partial charge in [0.05, 0.1) is 11.0 Å². The third-order valence-electron chi connectivity index (χ3n) is 8.51. The first-order valence-electron chi connectivity index (χ1n) is 12.4. The van der Waals surface area contributed by atoms with Crippen LogP contribution in [0.25, 0.3) is 0 Å². The molecule has 7 rings (SSSR count). The Hall–Kier alpha value is -2.82. The summed E-state index contributed by atoms with van der Waals surface area (Å²) in [5.41, 5.74) is 0.304. The number of anilines is 1. The molecule has 8 heteroatoms. The van der Waals surface area contributed by atoms with Gasteiger partial charge < -0.3 is 20.3 Å². The van der Waals surface area contributed by atoms with Crippen molar-refractivity contribution in [1.29, 1.82) is 5.26 Å². The highest BCUT2D eigenvalue weighted by Gasteiger charge is 2.60.